The van der Waals surface area contributed by atoms with Crippen molar-refractivity contribution in [2.24, 2.45) is 21.7 Å². The number of benzene rings is 6. The van der Waals surface area contributed by atoms with E-state index in [4.69, 9.17) is 56.8 Å². The molecule has 0 saturated heterocycles. The molecule has 0 unspecified atom stereocenters. The average molecular weight is 1410 g/mol. The summed E-state index contributed by atoms with van der Waals surface area (Å²) < 4.78 is 70.4. The third kappa shape index (κ3) is 16.3. The first-order valence-electron chi connectivity index (χ1n) is 36.8. The maximum absolute atomic E-state index is 13.3. The molecule has 0 radical (unpaired) electrons. The molecule has 0 N–H and O–H groups in total. The SMILES string of the molecule is COc1ccc(-c2cccc3c2CCC3=O)c(OCC(C)(C)C(=O)OC2CCCCC2)c1OC.COc1ccc(-c2cccc3c2CCC3=O)c(OCC2(C(=O)OC3CCCCC3)CCC2)c1OC.COc1ccc(-c2cccc3c2CCC3=O)c(OCC2(C(=O)OCC(C)(C)C)CCC2)c1OC. The monoisotopic (exact) mass is 1410 g/mol. The number of ether oxygens (including phenoxy) is 12. The maximum Gasteiger partial charge on any atom is 0.315 e. The molecule has 7 aliphatic rings. The van der Waals surface area contributed by atoms with Crippen LogP contribution in [0.5, 0.6) is 51.7 Å². The molecule has 550 valence electrons. The van der Waals surface area contributed by atoms with Crippen molar-refractivity contribution in [3.63, 3.8) is 0 Å². The van der Waals surface area contributed by atoms with Crippen LogP contribution in [0.4, 0.5) is 0 Å². The Hall–Kier alpha value is -9.06. The standard InChI is InChI=1S/C29H34O6.2C28H34O6/c1-32-25-15-13-23(20-10-6-11-22-21(20)12-14-24(22)30)26(27(25)33-2)34-18-29(16-7-17-29)28(31)35-19-8-4-3-5-9-19;1-27(2,3)16-34-26(30)28(14-7-15-28)17-33-24-21(11-13-23(31-4)25(24)32-5)18-8-6-9-20-19(18)10-12-22(20)29;1-28(2,27(30)34-18-9-6-5-7-10-18)17-33-25-22(14-16-24(31-3)26(25)32-4)19-11-8-12-21-20(19)13-15-23(21)29/h6,10-11,13,15,19H,3-5,7-9,12,14,16-18H2,1-2H3;6,8-9,11,13H,7,10,12,14-17H2,1-5H3;8,11-12,14,16,18H,5-7,9-10,13,15,17H2,1-4H3. The van der Waals surface area contributed by atoms with E-state index in [1.807, 2.05) is 126 Å². The number of methoxy groups -OCH3 is 6. The zero-order valence-corrected chi connectivity index (χ0v) is 62.0. The summed E-state index contributed by atoms with van der Waals surface area (Å²) in [5.41, 5.74) is 8.42. The molecule has 103 heavy (non-hydrogen) atoms. The first kappa shape index (κ1) is 75.1. The lowest BCUT2D eigenvalue weighted by Gasteiger charge is -2.40. The van der Waals surface area contributed by atoms with Crippen molar-refractivity contribution in [2.75, 3.05) is 69.1 Å². The third-order valence-electron chi connectivity index (χ3n) is 21.5. The lowest BCUT2D eigenvalue weighted by Crippen LogP contribution is -2.45. The molecule has 0 amide bonds. The summed E-state index contributed by atoms with van der Waals surface area (Å²) in [7, 11) is 9.47. The summed E-state index contributed by atoms with van der Waals surface area (Å²) >= 11 is 0. The number of esters is 3. The van der Waals surface area contributed by atoms with Crippen LogP contribution in [0.15, 0.2) is 91.0 Å². The predicted molar refractivity (Wildman–Crippen MR) is 392 cm³/mol. The summed E-state index contributed by atoms with van der Waals surface area (Å²) in [5.74, 6) is 4.50. The molecule has 0 heterocycles. The Morgan fingerprint density at radius 2 is 0.718 bits per heavy atom. The zero-order valence-electron chi connectivity index (χ0n) is 62.0. The van der Waals surface area contributed by atoms with Crippen molar-refractivity contribution in [1.82, 2.24) is 0 Å². The van der Waals surface area contributed by atoms with Crippen molar-refractivity contribution in [2.45, 2.75) is 188 Å². The van der Waals surface area contributed by atoms with Gasteiger partial charge in [-0.15, -0.1) is 0 Å². The third-order valence-corrected chi connectivity index (χ3v) is 21.5. The Morgan fingerprint density at radius 3 is 1.06 bits per heavy atom. The molecule has 4 saturated carbocycles. The minimum atomic E-state index is -0.850. The van der Waals surface area contributed by atoms with Crippen molar-refractivity contribution in [1.29, 1.82) is 0 Å². The summed E-state index contributed by atoms with van der Waals surface area (Å²) in [4.78, 5) is 76.3. The van der Waals surface area contributed by atoms with E-state index in [2.05, 4.69) is 0 Å². The highest BCUT2D eigenvalue weighted by Crippen LogP contribution is 2.53. The topological polar surface area (TPSA) is 213 Å². The van der Waals surface area contributed by atoms with E-state index in [0.29, 0.717) is 96.9 Å². The lowest BCUT2D eigenvalue weighted by molar-refractivity contribution is -0.171. The van der Waals surface area contributed by atoms with Gasteiger partial charge in [0.25, 0.3) is 0 Å². The van der Waals surface area contributed by atoms with Gasteiger partial charge < -0.3 is 56.8 Å². The van der Waals surface area contributed by atoms with Gasteiger partial charge in [0.05, 0.1) is 54.7 Å². The number of fused-ring (bicyclic) bond motifs is 3. The van der Waals surface area contributed by atoms with Gasteiger partial charge in [0, 0.05) is 52.6 Å². The summed E-state index contributed by atoms with van der Waals surface area (Å²) in [5, 5.41) is 0. The molecule has 18 nitrogen and oxygen atoms in total. The minimum Gasteiger partial charge on any atom is -0.493 e. The summed E-state index contributed by atoms with van der Waals surface area (Å²) in [6.07, 6.45) is 19.2. The number of ketones is 3. The maximum atomic E-state index is 13.3. The average Bonchev–Trinajstić information content (AvgIpc) is 1.77. The number of Topliss-reactive ketones (excluding diaryl/α,β-unsaturated/α-hetero) is 3. The molecule has 0 bridgehead atoms. The first-order valence-corrected chi connectivity index (χ1v) is 36.8. The Morgan fingerprint density at radius 1 is 0.369 bits per heavy atom. The van der Waals surface area contributed by atoms with E-state index < -0.39 is 16.2 Å². The van der Waals surface area contributed by atoms with Crippen LogP contribution in [0.1, 0.15) is 204 Å². The fourth-order valence-electron chi connectivity index (χ4n) is 15.1. The number of carbonyl (C=O) groups excluding carboxylic acids is 6. The molecule has 13 rings (SSSR count). The van der Waals surface area contributed by atoms with Crippen LogP contribution < -0.4 is 42.6 Å². The molecule has 0 aliphatic heterocycles. The number of hydrogen-bond donors (Lipinski definition) is 0. The van der Waals surface area contributed by atoms with Crippen molar-refractivity contribution >= 4 is 35.3 Å². The fourth-order valence-corrected chi connectivity index (χ4v) is 15.1. The van der Waals surface area contributed by atoms with E-state index >= 15 is 0 Å². The van der Waals surface area contributed by atoms with Gasteiger partial charge in [-0.25, -0.2) is 0 Å². The van der Waals surface area contributed by atoms with Crippen LogP contribution in [0.2, 0.25) is 0 Å². The molecule has 0 spiro atoms. The van der Waals surface area contributed by atoms with E-state index in [1.165, 1.54) is 12.8 Å². The largest absolute Gasteiger partial charge is 0.493 e. The van der Waals surface area contributed by atoms with E-state index in [9.17, 15) is 28.8 Å². The molecule has 6 aromatic carbocycles. The van der Waals surface area contributed by atoms with Crippen LogP contribution >= 0.6 is 0 Å². The second-order valence-electron chi connectivity index (χ2n) is 30.3. The van der Waals surface area contributed by atoms with E-state index in [1.54, 1.807) is 42.7 Å². The first-order chi connectivity index (χ1) is 49.6. The Labute approximate surface area is 606 Å². The molecule has 7 aliphatic carbocycles. The summed E-state index contributed by atoms with van der Waals surface area (Å²) in [6, 6.07) is 28.7. The highest BCUT2D eigenvalue weighted by atomic mass is 16.6. The second-order valence-corrected chi connectivity index (χ2v) is 30.3. The van der Waals surface area contributed by atoms with Gasteiger partial charge >= 0.3 is 17.9 Å². The van der Waals surface area contributed by atoms with Crippen LogP contribution in [0.25, 0.3) is 33.4 Å². The van der Waals surface area contributed by atoms with Crippen molar-refractivity contribution < 1.29 is 85.6 Å². The van der Waals surface area contributed by atoms with Gasteiger partial charge in [0.1, 0.15) is 42.9 Å². The normalized spacial score (nSPS) is 17.2. The highest BCUT2D eigenvalue weighted by Gasteiger charge is 2.49. The molecule has 6 aromatic rings. The van der Waals surface area contributed by atoms with Crippen molar-refractivity contribution in [3.8, 4) is 85.1 Å². The van der Waals surface area contributed by atoms with Crippen LogP contribution in [-0.4, -0.2) is 117 Å². The molecular formula is C85H102O18. The Bertz CT molecular complexity index is 4090. The number of carbonyl (C=O) groups is 6. The Kier molecular flexibility index (Phi) is 23.9. The van der Waals surface area contributed by atoms with Gasteiger partial charge in [0.15, 0.2) is 51.8 Å². The minimum absolute atomic E-state index is 0.00751. The fraction of sp³-hybridized carbons (Fsp3) is 0.506. The van der Waals surface area contributed by atoms with Crippen LogP contribution in [-0.2, 0) is 47.9 Å². The molecule has 0 aromatic heterocycles. The van der Waals surface area contributed by atoms with Gasteiger partial charge in [-0.2, -0.15) is 0 Å². The molecule has 0 atom stereocenters. The van der Waals surface area contributed by atoms with Gasteiger partial charge in [-0.3, -0.25) is 28.8 Å². The van der Waals surface area contributed by atoms with Crippen LogP contribution in [0.3, 0.4) is 0 Å². The number of hydrogen-bond acceptors (Lipinski definition) is 18. The highest BCUT2D eigenvalue weighted by molar-refractivity contribution is 6.04. The summed E-state index contributed by atoms with van der Waals surface area (Å²) in [6.45, 7) is 10.7. The Balaban J connectivity index is 0.000000155. The molecule has 4 fully saturated rings. The van der Waals surface area contributed by atoms with Crippen LogP contribution in [0, 0.1) is 21.7 Å². The van der Waals surface area contributed by atoms with E-state index in [0.717, 1.165) is 157 Å². The molecule has 18 heteroatoms. The quantitative estimate of drug-likeness (QED) is 0.0407. The van der Waals surface area contributed by atoms with Gasteiger partial charge in [-0.05, 0) is 185 Å². The zero-order chi connectivity index (χ0) is 73.2. The van der Waals surface area contributed by atoms with Gasteiger partial charge in [0.2, 0.25) is 17.2 Å². The molecular weight excluding hydrogens is 1310 g/mol. The van der Waals surface area contributed by atoms with E-state index in [-0.39, 0.29) is 72.7 Å². The van der Waals surface area contributed by atoms with Crippen molar-refractivity contribution in [3.05, 3.63) is 124 Å². The van der Waals surface area contributed by atoms with Gasteiger partial charge in [-0.1, -0.05) is 101 Å². The smallest absolute Gasteiger partial charge is 0.315 e. The second kappa shape index (κ2) is 32.7. The lowest BCUT2D eigenvalue weighted by atomic mass is 9.69. The number of rotatable bonds is 24. The predicted octanol–water partition coefficient (Wildman–Crippen LogP) is 17.3.